The van der Waals surface area contributed by atoms with Gasteiger partial charge >= 0.3 is 0 Å². The molecule has 6 heteroatoms. The average Bonchev–Trinajstić information content (AvgIpc) is 3.48. The Bertz CT molecular complexity index is 1240. The summed E-state index contributed by atoms with van der Waals surface area (Å²) in [6.45, 7) is 2.89. The van der Waals surface area contributed by atoms with E-state index in [1.165, 1.54) is 28.8 Å². The van der Waals surface area contributed by atoms with Gasteiger partial charge in [0.25, 0.3) is 0 Å². The summed E-state index contributed by atoms with van der Waals surface area (Å²) < 4.78 is 13.4. The predicted octanol–water partition coefficient (Wildman–Crippen LogP) is 3.84. The van der Waals surface area contributed by atoms with E-state index in [0.717, 1.165) is 37.9 Å². The van der Waals surface area contributed by atoms with E-state index >= 15 is 0 Å². The highest BCUT2D eigenvalue weighted by Crippen LogP contribution is 2.42. The number of carbonyl (C=O) groups excluding carboxylic acids is 1. The Morgan fingerprint density at radius 1 is 1.10 bits per heavy atom. The van der Waals surface area contributed by atoms with Crippen LogP contribution in [0.15, 0.2) is 54.7 Å². The Kier molecular flexibility index (Phi) is 4.10. The quantitative estimate of drug-likeness (QED) is 0.654. The van der Waals surface area contributed by atoms with Crippen LogP contribution in [0.2, 0.25) is 0 Å². The molecule has 2 fully saturated rings. The molecule has 1 atom stereocenters. The number of allylic oxidation sites excluding steroid dienone is 1. The lowest BCUT2D eigenvalue weighted by Gasteiger charge is -2.24. The molecular formula is C25H23FN4O. The molecule has 0 N–H and O–H groups in total. The molecule has 1 amide bonds. The van der Waals surface area contributed by atoms with Crippen molar-refractivity contribution in [3.8, 4) is 0 Å². The number of carbonyl (C=O) groups is 1. The number of nitrogens with zero attached hydrogens (tertiary/aromatic N) is 4. The summed E-state index contributed by atoms with van der Waals surface area (Å²) in [5, 5.41) is 0.686. The van der Waals surface area contributed by atoms with Crippen LogP contribution in [0.4, 0.5) is 10.3 Å². The van der Waals surface area contributed by atoms with Gasteiger partial charge in [-0.1, -0.05) is 30.3 Å². The molecule has 2 saturated heterocycles. The summed E-state index contributed by atoms with van der Waals surface area (Å²) in [5.74, 6) is 0.582. The van der Waals surface area contributed by atoms with Gasteiger partial charge in [-0.15, -0.1) is 0 Å². The SMILES string of the molecule is O=C1N(CC2=CCc3ccccc32)CCC12CCN(c1ncc3cc(F)ccc3n1)C2. The van der Waals surface area contributed by atoms with Gasteiger partial charge in [0.05, 0.1) is 10.9 Å². The van der Waals surface area contributed by atoms with Crippen molar-refractivity contribution in [1.82, 2.24) is 14.9 Å². The first kappa shape index (κ1) is 18.5. The topological polar surface area (TPSA) is 49.3 Å². The van der Waals surface area contributed by atoms with Crippen molar-refractivity contribution in [2.24, 2.45) is 5.41 Å². The van der Waals surface area contributed by atoms with E-state index in [0.29, 0.717) is 24.4 Å². The third-order valence-corrected chi connectivity index (χ3v) is 7.06. The van der Waals surface area contributed by atoms with Gasteiger partial charge in [0, 0.05) is 37.8 Å². The van der Waals surface area contributed by atoms with Crippen molar-refractivity contribution in [1.29, 1.82) is 0 Å². The average molecular weight is 414 g/mol. The Morgan fingerprint density at radius 2 is 1.97 bits per heavy atom. The van der Waals surface area contributed by atoms with Gasteiger partial charge in [-0.3, -0.25) is 4.79 Å². The number of benzene rings is 2. The Labute approximate surface area is 180 Å². The first-order chi connectivity index (χ1) is 15.1. The van der Waals surface area contributed by atoms with Gasteiger partial charge in [0.2, 0.25) is 11.9 Å². The van der Waals surface area contributed by atoms with Crippen LogP contribution >= 0.6 is 0 Å². The number of fused-ring (bicyclic) bond motifs is 2. The van der Waals surface area contributed by atoms with Gasteiger partial charge < -0.3 is 9.80 Å². The zero-order chi connectivity index (χ0) is 21.0. The highest BCUT2D eigenvalue weighted by atomic mass is 19.1. The fraction of sp³-hybridized carbons (Fsp3) is 0.320. The van der Waals surface area contributed by atoms with Crippen LogP contribution in [0.5, 0.6) is 0 Å². The van der Waals surface area contributed by atoms with Gasteiger partial charge in [-0.2, -0.15) is 0 Å². The minimum absolute atomic E-state index is 0.253. The van der Waals surface area contributed by atoms with Gasteiger partial charge in [-0.25, -0.2) is 14.4 Å². The second kappa shape index (κ2) is 6.87. The maximum atomic E-state index is 13.4. The Balaban J connectivity index is 1.19. The van der Waals surface area contributed by atoms with E-state index in [2.05, 4.69) is 45.2 Å². The first-order valence-electron chi connectivity index (χ1n) is 10.9. The normalized spacial score (nSPS) is 22.6. The second-order valence-corrected chi connectivity index (χ2v) is 8.89. The molecule has 3 aromatic rings. The van der Waals surface area contributed by atoms with Crippen LogP contribution in [0.1, 0.15) is 24.0 Å². The lowest BCUT2D eigenvalue weighted by Crippen LogP contribution is -2.37. The summed E-state index contributed by atoms with van der Waals surface area (Å²) in [6, 6.07) is 13.0. The minimum Gasteiger partial charge on any atom is -0.340 e. The Hall–Kier alpha value is -3.28. The minimum atomic E-state index is -0.347. The molecule has 0 radical (unpaired) electrons. The maximum absolute atomic E-state index is 13.4. The summed E-state index contributed by atoms with van der Waals surface area (Å²) in [5.41, 5.74) is 4.27. The highest BCUT2D eigenvalue weighted by Gasteiger charge is 2.51. The second-order valence-electron chi connectivity index (χ2n) is 8.89. The summed E-state index contributed by atoms with van der Waals surface area (Å²) in [6.07, 6.45) is 6.57. The van der Waals surface area contributed by atoms with E-state index in [4.69, 9.17) is 0 Å². The molecule has 3 heterocycles. The number of likely N-dealkylation sites (tertiary alicyclic amines) is 1. The molecule has 31 heavy (non-hydrogen) atoms. The van der Waals surface area contributed by atoms with E-state index in [-0.39, 0.29) is 17.1 Å². The zero-order valence-corrected chi connectivity index (χ0v) is 17.2. The van der Waals surface area contributed by atoms with Crippen LogP contribution in [-0.2, 0) is 11.2 Å². The third kappa shape index (κ3) is 3.00. The van der Waals surface area contributed by atoms with Crippen LogP contribution in [0.25, 0.3) is 16.5 Å². The molecule has 2 aliphatic heterocycles. The maximum Gasteiger partial charge on any atom is 0.231 e. The van der Waals surface area contributed by atoms with Gasteiger partial charge in [-0.05, 0) is 54.2 Å². The molecule has 6 rings (SSSR count). The van der Waals surface area contributed by atoms with Gasteiger partial charge in [0.15, 0.2) is 0 Å². The molecule has 3 aliphatic rings. The first-order valence-corrected chi connectivity index (χ1v) is 10.9. The number of aromatic nitrogens is 2. The molecule has 156 valence electrons. The summed E-state index contributed by atoms with van der Waals surface area (Å²) in [7, 11) is 0. The highest BCUT2D eigenvalue weighted by molar-refractivity contribution is 5.88. The van der Waals surface area contributed by atoms with Crippen molar-refractivity contribution >= 4 is 28.3 Å². The lowest BCUT2D eigenvalue weighted by atomic mass is 9.85. The van der Waals surface area contributed by atoms with E-state index in [9.17, 15) is 9.18 Å². The summed E-state index contributed by atoms with van der Waals surface area (Å²) in [4.78, 5) is 26.7. The largest absolute Gasteiger partial charge is 0.340 e. The predicted molar refractivity (Wildman–Crippen MR) is 118 cm³/mol. The van der Waals surface area contributed by atoms with Crippen molar-refractivity contribution < 1.29 is 9.18 Å². The van der Waals surface area contributed by atoms with Crippen molar-refractivity contribution in [3.05, 3.63) is 71.7 Å². The van der Waals surface area contributed by atoms with Crippen LogP contribution in [0, 0.1) is 11.2 Å². The third-order valence-electron chi connectivity index (χ3n) is 7.06. The number of anilines is 1. The fourth-order valence-electron chi connectivity index (χ4n) is 5.32. The molecule has 1 aliphatic carbocycles. The molecule has 1 aromatic heterocycles. The number of rotatable bonds is 3. The number of hydrogen-bond acceptors (Lipinski definition) is 4. The van der Waals surface area contributed by atoms with E-state index < -0.39 is 0 Å². The monoisotopic (exact) mass is 414 g/mol. The van der Waals surface area contributed by atoms with Crippen LogP contribution in [0.3, 0.4) is 0 Å². The molecular weight excluding hydrogens is 391 g/mol. The number of amides is 1. The van der Waals surface area contributed by atoms with Crippen molar-refractivity contribution in [2.75, 3.05) is 31.1 Å². The molecule has 5 nitrogen and oxygen atoms in total. The lowest BCUT2D eigenvalue weighted by molar-refractivity contribution is -0.134. The fourth-order valence-corrected chi connectivity index (χ4v) is 5.32. The molecule has 0 saturated carbocycles. The van der Waals surface area contributed by atoms with Crippen LogP contribution < -0.4 is 4.90 Å². The molecule has 1 unspecified atom stereocenters. The standard InChI is InChI=1S/C25H23FN4O/c26-20-7-8-22-19(13-20)14-27-24(28-22)30-12-10-25(16-30)9-11-29(23(25)31)15-18-6-5-17-3-1-2-4-21(17)18/h1-4,6-8,13-14H,5,9-12,15-16H2. The number of halogens is 1. The number of hydrogen-bond donors (Lipinski definition) is 0. The molecule has 2 aromatic carbocycles. The van der Waals surface area contributed by atoms with E-state index in [1.807, 2.05) is 4.90 Å². The van der Waals surface area contributed by atoms with Crippen molar-refractivity contribution in [2.45, 2.75) is 19.3 Å². The van der Waals surface area contributed by atoms with Gasteiger partial charge in [0.1, 0.15) is 5.82 Å². The molecule has 0 bridgehead atoms. The molecule has 1 spiro atoms. The Morgan fingerprint density at radius 3 is 2.90 bits per heavy atom. The van der Waals surface area contributed by atoms with Crippen LogP contribution in [-0.4, -0.2) is 47.0 Å². The smallest absolute Gasteiger partial charge is 0.231 e. The van der Waals surface area contributed by atoms with Crippen molar-refractivity contribution in [3.63, 3.8) is 0 Å². The zero-order valence-electron chi connectivity index (χ0n) is 17.2. The summed E-state index contributed by atoms with van der Waals surface area (Å²) >= 11 is 0. The van der Waals surface area contributed by atoms with E-state index in [1.54, 1.807) is 12.3 Å².